The molecular formula is C23H26O3. The van der Waals surface area contributed by atoms with Gasteiger partial charge in [-0.25, -0.2) is 0 Å². The van der Waals surface area contributed by atoms with E-state index in [-0.39, 0.29) is 24.9 Å². The minimum absolute atomic E-state index is 0.0709. The zero-order valence-electron chi connectivity index (χ0n) is 15.0. The third kappa shape index (κ3) is 3.84. The molecule has 3 atom stereocenters. The van der Waals surface area contributed by atoms with Crippen molar-refractivity contribution >= 4 is 0 Å². The fraction of sp³-hybridized carbons (Fsp3) is 0.391. The molecule has 2 aliphatic rings. The lowest BCUT2D eigenvalue weighted by Crippen LogP contribution is -2.39. The van der Waals surface area contributed by atoms with Gasteiger partial charge in [-0.15, -0.1) is 0 Å². The van der Waals surface area contributed by atoms with E-state index >= 15 is 0 Å². The number of ether oxygens (including phenoxy) is 2. The van der Waals surface area contributed by atoms with E-state index in [4.69, 9.17) is 9.47 Å². The Bertz CT molecular complexity index is 717. The molecule has 4 rings (SSSR count). The minimum atomic E-state index is -0.375. The Kier molecular flexibility index (Phi) is 5.37. The summed E-state index contributed by atoms with van der Waals surface area (Å²) in [6.07, 6.45) is 8.50. The van der Waals surface area contributed by atoms with Crippen molar-refractivity contribution in [3.63, 3.8) is 0 Å². The number of aliphatic hydroxyl groups is 1. The van der Waals surface area contributed by atoms with Gasteiger partial charge in [0.15, 0.2) is 0 Å². The van der Waals surface area contributed by atoms with Crippen molar-refractivity contribution in [1.29, 1.82) is 0 Å². The van der Waals surface area contributed by atoms with Gasteiger partial charge in [-0.1, -0.05) is 61.4 Å². The lowest BCUT2D eigenvalue weighted by atomic mass is 9.98. The van der Waals surface area contributed by atoms with Gasteiger partial charge in [0.1, 0.15) is 24.1 Å². The van der Waals surface area contributed by atoms with Gasteiger partial charge in [-0.05, 0) is 48.1 Å². The molecule has 2 aromatic rings. The van der Waals surface area contributed by atoms with Crippen LogP contribution in [-0.4, -0.2) is 23.9 Å². The molecule has 0 radical (unpaired) electrons. The van der Waals surface area contributed by atoms with E-state index in [1.807, 2.05) is 54.6 Å². The summed E-state index contributed by atoms with van der Waals surface area (Å²) in [5.41, 5.74) is 2.50. The highest BCUT2D eigenvalue weighted by molar-refractivity contribution is 5.31. The van der Waals surface area contributed by atoms with Crippen molar-refractivity contribution in [3.8, 4) is 5.75 Å². The summed E-state index contributed by atoms with van der Waals surface area (Å²) in [6, 6.07) is 18.5. The molecule has 0 amide bonds. The summed E-state index contributed by atoms with van der Waals surface area (Å²) < 4.78 is 12.1. The van der Waals surface area contributed by atoms with Crippen molar-refractivity contribution in [2.75, 3.05) is 6.61 Å². The number of aliphatic hydroxyl groups excluding tert-OH is 1. The van der Waals surface area contributed by atoms with Crippen LogP contribution in [0.25, 0.3) is 0 Å². The van der Waals surface area contributed by atoms with Crippen LogP contribution in [0.1, 0.15) is 48.8 Å². The highest BCUT2D eigenvalue weighted by atomic mass is 16.6. The summed E-state index contributed by atoms with van der Waals surface area (Å²) in [7, 11) is 0. The number of rotatable bonds is 5. The number of hydrogen-bond donors (Lipinski definition) is 1. The molecule has 0 unspecified atom stereocenters. The van der Waals surface area contributed by atoms with E-state index in [0.717, 1.165) is 11.3 Å². The SMILES string of the molecule is OC[C@H]1O[C@H](c2ccccc2)C=C[C@@H]1Oc1ccc(C2CCCC2)cc1. The van der Waals surface area contributed by atoms with Crippen LogP contribution in [0.5, 0.6) is 5.75 Å². The van der Waals surface area contributed by atoms with E-state index in [1.165, 1.54) is 31.2 Å². The predicted octanol–water partition coefficient (Wildman–Crippen LogP) is 4.78. The van der Waals surface area contributed by atoms with Gasteiger partial charge in [0.05, 0.1) is 6.61 Å². The molecule has 2 aromatic carbocycles. The summed E-state index contributed by atoms with van der Waals surface area (Å²) in [5, 5.41) is 9.75. The molecule has 136 valence electrons. The fourth-order valence-electron chi connectivity index (χ4n) is 3.97. The van der Waals surface area contributed by atoms with Crippen LogP contribution in [0.15, 0.2) is 66.7 Å². The molecule has 1 fully saturated rings. The summed E-state index contributed by atoms with van der Waals surface area (Å²) in [4.78, 5) is 0. The third-order valence-corrected chi connectivity index (χ3v) is 5.45. The number of benzene rings is 2. The second-order valence-corrected chi connectivity index (χ2v) is 7.21. The lowest BCUT2D eigenvalue weighted by molar-refractivity contribution is -0.0731. The molecule has 26 heavy (non-hydrogen) atoms. The van der Waals surface area contributed by atoms with Crippen molar-refractivity contribution in [2.45, 2.75) is 49.9 Å². The smallest absolute Gasteiger partial charge is 0.145 e. The first kappa shape index (κ1) is 17.3. The maximum Gasteiger partial charge on any atom is 0.145 e. The molecule has 1 aliphatic carbocycles. The van der Waals surface area contributed by atoms with Crippen LogP contribution >= 0.6 is 0 Å². The first-order valence-electron chi connectivity index (χ1n) is 9.59. The highest BCUT2D eigenvalue weighted by Crippen LogP contribution is 2.35. The van der Waals surface area contributed by atoms with Crippen molar-refractivity contribution in [2.24, 2.45) is 0 Å². The molecule has 1 N–H and O–H groups in total. The Hall–Kier alpha value is -2.10. The molecule has 1 aliphatic heterocycles. The Morgan fingerprint density at radius 1 is 0.885 bits per heavy atom. The average molecular weight is 350 g/mol. The molecule has 1 heterocycles. The second-order valence-electron chi connectivity index (χ2n) is 7.21. The lowest BCUT2D eigenvalue weighted by Gasteiger charge is -2.31. The monoisotopic (exact) mass is 350 g/mol. The van der Waals surface area contributed by atoms with E-state index in [9.17, 15) is 5.11 Å². The average Bonchev–Trinajstić information content (AvgIpc) is 3.24. The normalized spacial score (nSPS) is 26.1. The summed E-state index contributed by atoms with van der Waals surface area (Å²) >= 11 is 0. The van der Waals surface area contributed by atoms with Gasteiger partial charge in [-0.2, -0.15) is 0 Å². The molecule has 0 aromatic heterocycles. The molecular weight excluding hydrogens is 324 g/mol. The second kappa shape index (κ2) is 8.07. The fourth-order valence-corrected chi connectivity index (χ4v) is 3.97. The Morgan fingerprint density at radius 3 is 2.31 bits per heavy atom. The van der Waals surface area contributed by atoms with Gasteiger partial charge in [-0.3, -0.25) is 0 Å². The molecule has 0 saturated heterocycles. The zero-order valence-corrected chi connectivity index (χ0v) is 15.0. The Morgan fingerprint density at radius 2 is 1.62 bits per heavy atom. The van der Waals surface area contributed by atoms with E-state index in [2.05, 4.69) is 12.1 Å². The maximum absolute atomic E-state index is 9.75. The van der Waals surface area contributed by atoms with Crippen LogP contribution in [-0.2, 0) is 4.74 Å². The van der Waals surface area contributed by atoms with Crippen molar-refractivity contribution < 1.29 is 14.6 Å². The summed E-state index contributed by atoms with van der Waals surface area (Å²) in [5.74, 6) is 1.53. The van der Waals surface area contributed by atoms with Crippen LogP contribution in [0, 0.1) is 0 Å². The van der Waals surface area contributed by atoms with Gasteiger partial charge in [0.2, 0.25) is 0 Å². The first-order chi connectivity index (χ1) is 12.8. The van der Waals surface area contributed by atoms with Crippen LogP contribution in [0.2, 0.25) is 0 Å². The minimum Gasteiger partial charge on any atom is -0.484 e. The Balaban J connectivity index is 1.43. The van der Waals surface area contributed by atoms with Crippen LogP contribution in [0.3, 0.4) is 0 Å². The molecule has 0 bridgehead atoms. The summed E-state index contributed by atoms with van der Waals surface area (Å²) in [6.45, 7) is -0.0709. The predicted molar refractivity (Wildman–Crippen MR) is 102 cm³/mol. The van der Waals surface area contributed by atoms with Gasteiger partial charge in [0, 0.05) is 0 Å². The largest absolute Gasteiger partial charge is 0.484 e. The standard InChI is InChI=1S/C23H26O3/c24-16-23-22(15-14-21(26-23)19-8-2-1-3-9-19)25-20-12-10-18(11-13-20)17-6-4-5-7-17/h1-3,8-15,17,21-24H,4-7,16H2/t21-,22-,23+/m0/s1. The van der Waals surface area contributed by atoms with Crippen molar-refractivity contribution in [3.05, 3.63) is 77.9 Å². The first-order valence-corrected chi connectivity index (χ1v) is 9.59. The quantitative estimate of drug-likeness (QED) is 0.789. The molecule has 0 spiro atoms. The van der Waals surface area contributed by atoms with E-state index in [1.54, 1.807) is 0 Å². The molecule has 3 nitrogen and oxygen atoms in total. The highest BCUT2D eigenvalue weighted by Gasteiger charge is 2.29. The topological polar surface area (TPSA) is 38.7 Å². The van der Waals surface area contributed by atoms with Gasteiger partial charge >= 0.3 is 0 Å². The molecule has 3 heteroatoms. The van der Waals surface area contributed by atoms with E-state index in [0.29, 0.717) is 5.92 Å². The zero-order chi connectivity index (χ0) is 17.8. The van der Waals surface area contributed by atoms with E-state index < -0.39 is 0 Å². The van der Waals surface area contributed by atoms with Gasteiger partial charge in [0.25, 0.3) is 0 Å². The Labute approximate surface area is 155 Å². The molecule has 1 saturated carbocycles. The van der Waals surface area contributed by atoms with Crippen LogP contribution < -0.4 is 4.74 Å². The van der Waals surface area contributed by atoms with Gasteiger partial charge < -0.3 is 14.6 Å². The van der Waals surface area contributed by atoms with Crippen LogP contribution in [0.4, 0.5) is 0 Å². The maximum atomic E-state index is 9.75. The third-order valence-electron chi connectivity index (χ3n) is 5.45. The van der Waals surface area contributed by atoms with Crippen molar-refractivity contribution in [1.82, 2.24) is 0 Å². The number of hydrogen-bond acceptors (Lipinski definition) is 3.